The van der Waals surface area contributed by atoms with Gasteiger partial charge >= 0.3 is 0 Å². The fourth-order valence-corrected chi connectivity index (χ4v) is 2.31. The Labute approximate surface area is 127 Å². The first-order chi connectivity index (χ1) is 10.1. The molecule has 21 heavy (non-hydrogen) atoms. The number of anilines is 2. The summed E-state index contributed by atoms with van der Waals surface area (Å²) in [6.45, 7) is 8.76. The fraction of sp³-hybridized carbons (Fsp3) is 0.333. The first kappa shape index (κ1) is 15.2. The monoisotopic (exact) mass is 284 g/mol. The van der Waals surface area contributed by atoms with Crippen molar-refractivity contribution < 1.29 is 4.74 Å². The van der Waals surface area contributed by atoms with Crippen LogP contribution in [-0.2, 0) is 0 Å². The Morgan fingerprint density at radius 3 is 2.57 bits per heavy atom. The van der Waals surface area contributed by atoms with E-state index in [2.05, 4.69) is 43.0 Å². The summed E-state index contributed by atoms with van der Waals surface area (Å²) in [7, 11) is 0. The molecule has 0 fully saturated rings. The van der Waals surface area contributed by atoms with E-state index >= 15 is 0 Å². The number of nitrogen functional groups attached to an aromatic ring is 1. The molecule has 0 heterocycles. The molecule has 0 radical (unpaired) electrons. The molecule has 3 nitrogen and oxygen atoms in total. The maximum Gasteiger partial charge on any atom is 0.119 e. The van der Waals surface area contributed by atoms with E-state index in [1.807, 2.05) is 25.1 Å². The van der Waals surface area contributed by atoms with Crippen LogP contribution in [-0.4, -0.2) is 19.7 Å². The Morgan fingerprint density at radius 1 is 1.10 bits per heavy atom. The van der Waals surface area contributed by atoms with Gasteiger partial charge in [0.05, 0.1) is 6.54 Å². The minimum Gasteiger partial charge on any atom is -0.492 e. The van der Waals surface area contributed by atoms with Crippen molar-refractivity contribution in [2.45, 2.75) is 20.8 Å². The average Bonchev–Trinajstić information content (AvgIpc) is 2.47. The van der Waals surface area contributed by atoms with Crippen molar-refractivity contribution in [3.05, 3.63) is 53.6 Å². The van der Waals surface area contributed by atoms with Gasteiger partial charge in [0.15, 0.2) is 0 Å². The number of nitrogens with zero attached hydrogens (tertiary/aromatic N) is 1. The molecule has 0 atom stereocenters. The van der Waals surface area contributed by atoms with Crippen molar-refractivity contribution in [1.29, 1.82) is 0 Å². The number of rotatable bonds is 6. The van der Waals surface area contributed by atoms with Crippen molar-refractivity contribution in [2.75, 3.05) is 30.3 Å². The molecule has 0 spiro atoms. The number of benzene rings is 2. The van der Waals surface area contributed by atoms with Crippen LogP contribution in [0.25, 0.3) is 0 Å². The van der Waals surface area contributed by atoms with E-state index in [1.165, 1.54) is 11.3 Å². The maximum atomic E-state index is 5.83. The van der Waals surface area contributed by atoms with E-state index in [0.29, 0.717) is 6.61 Å². The number of hydrogen-bond donors (Lipinski definition) is 1. The topological polar surface area (TPSA) is 38.5 Å². The van der Waals surface area contributed by atoms with Gasteiger partial charge in [-0.05, 0) is 62.2 Å². The molecule has 0 unspecified atom stereocenters. The Kier molecular flexibility index (Phi) is 5.09. The van der Waals surface area contributed by atoms with E-state index in [4.69, 9.17) is 10.5 Å². The summed E-state index contributed by atoms with van der Waals surface area (Å²) >= 11 is 0. The van der Waals surface area contributed by atoms with E-state index in [-0.39, 0.29) is 0 Å². The smallest absolute Gasteiger partial charge is 0.119 e. The molecule has 3 heteroatoms. The first-order valence-electron chi connectivity index (χ1n) is 7.40. The van der Waals surface area contributed by atoms with Crippen molar-refractivity contribution in [3.8, 4) is 5.75 Å². The van der Waals surface area contributed by atoms with Crippen LogP contribution in [0.3, 0.4) is 0 Å². The summed E-state index contributed by atoms with van der Waals surface area (Å²) in [6, 6.07) is 14.4. The van der Waals surface area contributed by atoms with Crippen LogP contribution in [0.4, 0.5) is 11.4 Å². The van der Waals surface area contributed by atoms with Crippen LogP contribution >= 0.6 is 0 Å². The van der Waals surface area contributed by atoms with E-state index in [0.717, 1.165) is 30.1 Å². The lowest BCUT2D eigenvalue weighted by Gasteiger charge is -2.23. The van der Waals surface area contributed by atoms with Crippen molar-refractivity contribution in [3.63, 3.8) is 0 Å². The van der Waals surface area contributed by atoms with Crippen molar-refractivity contribution >= 4 is 11.4 Å². The predicted octanol–water partition coefficient (Wildman–Crippen LogP) is 3.79. The van der Waals surface area contributed by atoms with Gasteiger partial charge in [-0.15, -0.1) is 0 Å². The Hall–Kier alpha value is -2.16. The number of ether oxygens (including phenoxy) is 1. The average molecular weight is 284 g/mol. The van der Waals surface area contributed by atoms with E-state index in [1.54, 1.807) is 0 Å². The van der Waals surface area contributed by atoms with Gasteiger partial charge in [0.1, 0.15) is 12.4 Å². The lowest BCUT2D eigenvalue weighted by Crippen LogP contribution is -2.28. The molecule has 0 aliphatic heterocycles. The summed E-state index contributed by atoms with van der Waals surface area (Å²) in [5.74, 6) is 0.877. The molecule has 0 saturated heterocycles. The second-order valence-electron chi connectivity index (χ2n) is 5.29. The molecule has 0 aliphatic rings. The molecule has 0 amide bonds. The second kappa shape index (κ2) is 7.02. The predicted molar refractivity (Wildman–Crippen MR) is 90.2 cm³/mol. The summed E-state index contributed by atoms with van der Waals surface area (Å²) in [4.78, 5) is 2.32. The van der Waals surface area contributed by atoms with Crippen molar-refractivity contribution in [2.24, 2.45) is 0 Å². The molecule has 2 aromatic rings. The minimum absolute atomic E-state index is 0.658. The standard InChI is InChI=1S/C18H24N2O/c1-4-20(16-7-5-6-14(2)12-16)10-11-21-17-8-9-18(19)15(3)13-17/h5-9,12-13H,4,10-11,19H2,1-3H3. The molecule has 0 bridgehead atoms. The van der Waals surface area contributed by atoms with Crippen LogP contribution in [0.15, 0.2) is 42.5 Å². The summed E-state index contributed by atoms with van der Waals surface area (Å²) < 4.78 is 5.83. The van der Waals surface area contributed by atoms with Crippen LogP contribution in [0.1, 0.15) is 18.1 Å². The van der Waals surface area contributed by atoms with Gasteiger partial charge in [-0.2, -0.15) is 0 Å². The Balaban J connectivity index is 1.93. The van der Waals surface area contributed by atoms with Crippen LogP contribution < -0.4 is 15.4 Å². The zero-order valence-corrected chi connectivity index (χ0v) is 13.1. The maximum absolute atomic E-state index is 5.83. The van der Waals surface area contributed by atoms with Crippen LogP contribution in [0.2, 0.25) is 0 Å². The van der Waals surface area contributed by atoms with Gasteiger partial charge in [-0.25, -0.2) is 0 Å². The van der Waals surface area contributed by atoms with E-state index in [9.17, 15) is 0 Å². The largest absolute Gasteiger partial charge is 0.492 e. The van der Waals surface area contributed by atoms with Gasteiger partial charge in [0.2, 0.25) is 0 Å². The van der Waals surface area contributed by atoms with Crippen LogP contribution in [0.5, 0.6) is 5.75 Å². The third-order valence-electron chi connectivity index (χ3n) is 3.62. The molecule has 2 N–H and O–H groups in total. The highest BCUT2D eigenvalue weighted by Gasteiger charge is 2.05. The summed E-state index contributed by atoms with van der Waals surface area (Å²) in [6.07, 6.45) is 0. The molecule has 112 valence electrons. The molecule has 0 aliphatic carbocycles. The van der Waals surface area contributed by atoms with E-state index < -0.39 is 0 Å². The third-order valence-corrected chi connectivity index (χ3v) is 3.62. The van der Waals surface area contributed by atoms with Crippen molar-refractivity contribution in [1.82, 2.24) is 0 Å². The highest BCUT2D eigenvalue weighted by molar-refractivity contribution is 5.50. The zero-order chi connectivity index (χ0) is 15.2. The normalized spacial score (nSPS) is 10.4. The molecular formula is C18H24N2O. The Bertz CT molecular complexity index is 596. The molecule has 0 saturated carbocycles. The number of aryl methyl sites for hydroxylation is 2. The fourth-order valence-electron chi connectivity index (χ4n) is 2.31. The van der Waals surface area contributed by atoms with Gasteiger partial charge in [0, 0.05) is 17.9 Å². The highest BCUT2D eigenvalue weighted by atomic mass is 16.5. The molecule has 2 aromatic carbocycles. The van der Waals surface area contributed by atoms with Gasteiger partial charge in [0.25, 0.3) is 0 Å². The lowest BCUT2D eigenvalue weighted by atomic mass is 10.2. The third kappa shape index (κ3) is 4.15. The summed E-state index contributed by atoms with van der Waals surface area (Å²) in [5.41, 5.74) is 10.2. The SMILES string of the molecule is CCN(CCOc1ccc(N)c(C)c1)c1cccc(C)c1. The van der Waals surface area contributed by atoms with Gasteiger partial charge in [-0.1, -0.05) is 12.1 Å². The first-order valence-corrected chi connectivity index (χ1v) is 7.40. The number of nitrogens with two attached hydrogens (primary N) is 1. The molecule has 0 aromatic heterocycles. The number of likely N-dealkylation sites (N-methyl/N-ethyl adjacent to an activating group) is 1. The zero-order valence-electron chi connectivity index (χ0n) is 13.1. The Morgan fingerprint density at radius 2 is 1.90 bits per heavy atom. The lowest BCUT2D eigenvalue weighted by molar-refractivity contribution is 0.324. The van der Waals surface area contributed by atoms with Gasteiger partial charge < -0.3 is 15.4 Å². The van der Waals surface area contributed by atoms with Crippen LogP contribution in [0, 0.1) is 13.8 Å². The highest BCUT2D eigenvalue weighted by Crippen LogP contribution is 2.19. The molecule has 2 rings (SSSR count). The number of hydrogen-bond acceptors (Lipinski definition) is 3. The molecular weight excluding hydrogens is 260 g/mol. The quantitative estimate of drug-likeness (QED) is 0.820. The van der Waals surface area contributed by atoms with Gasteiger partial charge in [-0.3, -0.25) is 0 Å². The summed E-state index contributed by atoms with van der Waals surface area (Å²) in [5, 5.41) is 0. The minimum atomic E-state index is 0.658. The second-order valence-corrected chi connectivity index (χ2v) is 5.29.